The Morgan fingerprint density at radius 3 is 2.62 bits per heavy atom. The zero-order chi connectivity index (χ0) is 18.5. The van der Waals surface area contributed by atoms with Gasteiger partial charge in [-0.2, -0.15) is 5.26 Å². The van der Waals surface area contributed by atoms with Crippen LogP contribution in [-0.2, 0) is 9.53 Å². The third-order valence-electron chi connectivity index (χ3n) is 3.67. The molecule has 0 N–H and O–H groups in total. The van der Waals surface area contributed by atoms with Gasteiger partial charge in [0, 0.05) is 5.56 Å². The van der Waals surface area contributed by atoms with Crippen molar-refractivity contribution in [2.24, 2.45) is 0 Å². The van der Waals surface area contributed by atoms with E-state index in [1.165, 1.54) is 6.92 Å². The van der Waals surface area contributed by atoms with Gasteiger partial charge in [0.2, 0.25) is 6.79 Å². The fourth-order valence-electron chi connectivity index (χ4n) is 2.27. The van der Waals surface area contributed by atoms with Crippen LogP contribution in [-0.4, -0.2) is 31.3 Å². The van der Waals surface area contributed by atoms with E-state index in [0.29, 0.717) is 28.4 Å². The van der Waals surface area contributed by atoms with Crippen molar-refractivity contribution in [1.29, 1.82) is 5.26 Å². The molecule has 0 fully saturated rings. The van der Waals surface area contributed by atoms with Crippen LogP contribution in [0.3, 0.4) is 0 Å². The van der Waals surface area contributed by atoms with Crippen LogP contribution >= 0.6 is 0 Å². The summed E-state index contributed by atoms with van der Waals surface area (Å²) in [6.45, 7) is 1.23. The maximum Gasteiger partial charge on any atom is 0.347 e. The molecule has 3 rings (SSSR count). The van der Waals surface area contributed by atoms with Crippen LogP contribution in [0.1, 0.15) is 22.8 Å². The molecule has 1 heterocycles. The molecule has 2 aromatic rings. The molecule has 0 amide bonds. The highest BCUT2D eigenvalue weighted by atomic mass is 16.7. The number of carbonyl (C=O) groups excluding carboxylic acids is 2. The topological polar surface area (TPSA) is 94.8 Å². The van der Waals surface area contributed by atoms with E-state index in [1.54, 1.807) is 42.5 Å². The number of carbonyl (C=O) groups is 2. The van der Waals surface area contributed by atoms with E-state index in [2.05, 4.69) is 0 Å². The van der Waals surface area contributed by atoms with E-state index in [-0.39, 0.29) is 12.6 Å². The number of hydrogen-bond acceptors (Lipinski definition) is 7. The second-order valence-electron chi connectivity index (χ2n) is 5.50. The molecule has 0 saturated carbocycles. The first-order valence-electron chi connectivity index (χ1n) is 7.83. The van der Waals surface area contributed by atoms with Crippen molar-refractivity contribution in [1.82, 2.24) is 0 Å². The van der Waals surface area contributed by atoms with Crippen LogP contribution in [0, 0.1) is 11.3 Å². The normalized spacial score (nSPS) is 12.8. The summed E-state index contributed by atoms with van der Waals surface area (Å²) in [5.74, 6) is 0.462. The second kappa shape index (κ2) is 7.57. The van der Waals surface area contributed by atoms with Crippen molar-refractivity contribution in [3.63, 3.8) is 0 Å². The predicted molar refractivity (Wildman–Crippen MR) is 89.1 cm³/mol. The molecule has 0 radical (unpaired) electrons. The predicted octanol–water partition coefficient (Wildman–Crippen LogP) is 2.48. The van der Waals surface area contributed by atoms with E-state index in [4.69, 9.17) is 24.2 Å². The van der Waals surface area contributed by atoms with Gasteiger partial charge in [-0.25, -0.2) is 4.79 Å². The molecular formula is C19H15NO6. The molecule has 0 saturated heterocycles. The van der Waals surface area contributed by atoms with Crippen molar-refractivity contribution >= 4 is 11.8 Å². The maximum absolute atomic E-state index is 12.2. The minimum absolute atomic E-state index is 0.117. The van der Waals surface area contributed by atoms with Gasteiger partial charge in [-0.1, -0.05) is 0 Å². The van der Waals surface area contributed by atoms with Gasteiger partial charge in [0.15, 0.2) is 30.0 Å². The quantitative estimate of drug-likeness (QED) is 0.581. The van der Waals surface area contributed by atoms with Crippen LogP contribution < -0.4 is 14.2 Å². The Morgan fingerprint density at radius 2 is 1.88 bits per heavy atom. The van der Waals surface area contributed by atoms with Gasteiger partial charge in [-0.3, -0.25) is 4.79 Å². The van der Waals surface area contributed by atoms with Gasteiger partial charge in [0.25, 0.3) is 0 Å². The number of nitriles is 1. The average Bonchev–Trinajstić information content (AvgIpc) is 3.14. The molecule has 0 aliphatic carbocycles. The Balaban J connectivity index is 1.52. The largest absolute Gasteiger partial charge is 0.479 e. The standard InChI is InChI=1S/C19H15NO6/c1-12(26-15-5-2-13(9-20)3-6-15)19(22)23-10-16(21)14-4-7-17-18(8-14)25-11-24-17/h2-8,12H,10-11H2,1H3/t12-/m1/s1. The third kappa shape index (κ3) is 3.92. The second-order valence-corrected chi connectivity index (χ2v) is 5.50. The first-order valence-corrected chi connectivity index (χ1v) is 7.83. The highest BCUT2D eigenvalue weighted by Gasteiger charge is 2.20. The Bertz CT molecular complexity index is 869. The van der Waals surface area contributed by atoms with Crippen molar-refractivity contribution in [2.45, 2.75) is 13.0 Å². The molecule has 0 unspecified atom stereocenters. The molecule has 7 nitrogen and oxygen atoms in total. The van der Waals surface area contributed by atoms with Crippen molar-refractivity contribution in [3.05, 3.63) is 53.6 Å². The number of Topliss-reactive ketones (excluding diaryl/α,β-unsaturated/α-hetero) is 1. The lowest BCUT2D eigenvalue weighted by molar-refractivity contribution is -0.149. The number of nitrogens with zero attached hydrogens (tertiary/aromatic N) is 1. The molecule has 0 aromatic heterocycles. The van der Waals surface area contributed by atoms with E-state index in [0.717, 1.165) is 0 Å². The van der Waals surface area contributed by atoms with E-state index in [9.17, 15) is 9.59 Å². The van der Waals surface area contributed by atoms with Crippen molar-refractivity contribution < 1.29 is 28.5 Å². The number of ether oxygens (including phenoxy) is 4. The fourth-order valence-corrected chi connectivity index (χ4v) is 2.27. The summed E-state index contributed by atoms with van der Waals surface area (Å²) < 4.78 is 20.9. The Kier molecular flexibility index (Phi) is 5.04. The van der Waals surface area contributed by atoms with Gasteiger partial charge >= 0.3 is 5.97 Å². The molecule has 26 heavy (non-hydrogen) atoms. The van der Waals surface area contributed by atoms with Crippen LogP contribution in [0.2, 0.25) is 0 Å². The molecular weight excluding hydrogens is 338 g/mol. The summed E-state index contributed by atoms with van der Waals surface area (Å²) in [6.07, 6.45) is -0.896. The summed E-state index contributed by atoms with van der Waals surface area (Å²) in [4.78, 5) is 24.2. The van der Waals surface area contributed by atoms with Crippen LogP contribution in [0.5, 0.6) is 17.2 Å². The molecule has 1 aliphatic rings. The minimum atomic E-state index is -0.896. The number of ketones is 1. The minimum Gasteiger partial charge on any atom is -0.479 e. The zero-order valence-corrected chi connectivity index (χ0v) is 13.9. The van der Waals surface area contributed by atoms with E-state index < -0.39 is 18.7 Å². The molecule has 7 heteroatoms. The molecule has 1 aliphatic heterocycles. The average molecular weight is 353 g/mol. The Hall–Kier alpha value is -3.53. The number of hydrogen-bond donors (Lipinski definition) is 0. The number of rotatable bonds is 6. The zero-order valence-electron chi connectivity index (χ0n) is 13.9. The SMILES string of the molecule is C[C@@H](Oc1ccc(C#N)cc1)C(=O)OCC(=O)c1ccc2c(c1)OCO2. The smallest absolute Gasteiger partial charge is 0.347 e. The Labute approximate surface area is 149 Å². The summed E-state index contributed by atoms with van der Waals surface area (Å²) in [5.41, 5.74) is 0.851. The number of fused-ring (bicyclic) bond motifs is 1. The van der Waals surface area contributed by atoms with Gasteiger partial charge in [-0.15, -0.1) is 0 Å². The first kappa shape index (κ1) is 17.3. The summed E-state index contributed by atoms with van der Waals surface area (Å²) in [6, 6.07) is 13.1. The molecule has 2 aromatic carbocycles. The lowest BCUT2D eigenvalue weighted by Gasteiger charge is -2.13. The maximum atomic E-state index is 12.2. The van der Waals surface area contributed by atoms with Crippen molar-refractivity contribution in [2.75, 3.05) is 13.4 Å². The Morgan fingerprint density at radius 1 is 1.15 bits per heavy atom. The van der Waals surface area contributed by atoms with Crippen LogP contribution in [0.25, 0.3) is 0 Å². The highest BCUT2D eigenvalue weighted by Crippen LogP contribution is 2.32. The van der Waals surface area contributed by atoms with Gasteiger partial charge in [0.1, 0.15) is 5.75 Å². The van der Waals surface area contributed by atoms with Crippen molar-refractivity contribution in [3.8, 4) is 23.3 Å². The fraction of sp³-hybridized carbons (Fsp3) is 0.211. The monoisotopic (exact) mass is 353 g/mol. The lowest BCUT2D eigenvalue weighted by Crippen LogP contribution is -2.28. The number of benzene rings is 2. The first-order chi connectivity index (χ1) is 12.6. The van der Waals surface area contributed by atoms with Gasteiger partial charge in [-0.05, 0) is 49.4 Å². The van der Waals surface area contributed by atoms with Gasteiger partial charge < -0.3 is 18.9 Å². The van der Waals surface area contributed by atoms with Crippen LogP contribution in [0.15, 0.2) is 42.5 Å². The van der Waals surface area contributed by atoms with Gasteiger partial charge in [0.05, 0.1) is 11.6 Å². The summed E-state index contributed by atoms with van der Waals surface area (Å²) in [7, 11) is 0. The van der Waals surface area contributed by atoms with Crippen LogP contribution in [0.4, 0.5) is 0 Å². The number of esters is 1. The molecule has 0 bridgehead atoms. The lowest BCUT2D eigenvalue weighted by atomic mass is 10.1. The molecule has 0 spiro atoms. The van der Waals surface area contributed by atoms with E-state index in [1.807, 2.05) is 6.07 Å². The third-order valence-corrected chi connectivity index (χ3v) is 3.67. The molecule has 1 atom stereocenters. The summed E-state index contributed by atoms with van der Waals surface area (Å²) in [5, 5.41) is 8.75. The highest BCUT2D eigenvalue weighted by molar-refractivity contribution is 5.98. The molecule has 132 valence electrons. The summed E-state index contributed by atoms with van der Waals surface area (Å²) >= 11 is 0. The van der Waals surface area contributed by atoms with E-state index >= 15 is 0 Å².